The maximum atomic E-state index is 13.0. The first kappa shape index (κ1) is 19.5. The van der Waals surface area contributed by atoms with Gasteiger partial charge in [-0.05, 0) is 31.2 Å². The molecule has 1 N–H and O–H groups in total. The van der Waals surface area contributed by atoms with Crippen molar-refractivity contribution in [3.05, 3.63) is 26.6 Å². The molecule has 0 bridgehead atoms. The van der Waals surface area contributed by atoms with Crippen LogP contribution in [0.5, 0.6) is 0 Å². The average molecular weight is 391 g/mol. The standard InChI is InChI=1S/C19H25N3O4S/c1-10(2)14(19(25)26-4)21-16(23)15-11(3)13-17(27-15)20-12-8-6-5-7-9-22(12)18(13)24/h10,14H,5-9H2,1-4H3,(H,21,23)/t14-/m0/s1. The van der Waals surface area contributed by atoms with Crippen molar-refractivity contribution in [3.8, 4) is 0 Å². The van der Waals surface area contributed by atoms with Gasteiger partial charge in [-0.1, -0.05) is 20.3 Å². The van der Waals surface area contributed by atoms with Gasteiger partial charge in [0.2, 0.25) is 0 Å². The van der Waals surface area contributed by atoms with E-state index in [1.807, 2.05) is 13.8 Å². The molecule has 1 atom stereocenters. The molecule has 0 spiro atoms. The van der Waals surface area contributed by atoms with Crippen LogP contribution in [0, 0.1) is 12.8 Å². The molecule has 1 aliphatic heterocycles. The Morgan fingerprint density at radius 2 is 2.00 bits per heavy atom. The summed E-state index contributed by atoms with van der Waals surface area (Å²) in [5.74, 6) is -0.176. The summed E-state index contributed by atoms with van der Waals surface area (Å²) in [5, 5.41) is 3.25. The Hall–Kier alpha value is -2.22. The van der Waals surface area contributed by atoms with Gasteiger partial charge in [-0.3, -0.25) is 14.2 Å². The molecule has 2 aromatic heterocycles. The van der Waals surface area contributed by atoms with Gasteiger partial charge in [0, 0.05) is 13.0 Å². The highest BCUT2D eigenvalue weighted by Crippen LogP contribution is 2.28. The van der Waals surface area contributed by atoms with E-state index < -0.39 is 12.0 Å². The molecule has 0 saturated carbocycles. The predicted molar refractivity (Wildman–Crippen MR) is 104 cm³/mol. The van der Waals surface area contributed by atoms with Gasteiger partial charge in [0.25, 0.3) is 11.5 Å². The summed E-state index contributed by atoms with van der Waals surface area (Å²) in [6.07, 6.45) is 3.85. The Morgan fingerprint density at radius 1 is 1.26 bits per heavy atom. The summed E-state index contributed by atoms with van der Waals surface area (Å²) in [7, 11) is 1.30. The molecule has 1 amide bonds. The number of aromatic nitrogens is 2. The number of amides is 1. The van der Waals surface area contributed by atoms with Crippen LogP contribution in [0.15, 0.2) is 4.79 Å². The number of rotatable bonds is 4. The van der Waals surface area contributed by atoms with Crippen LogP contribution in [-0.4, -0.2) is 34.6 Å². The normalized spacial score (nSPS) is 15.3. The van der Waals surface area contributed by atoms with Crippen molar-refractivity contribution in [2.45, 2.75) is 59.0 Å². The summed E-state index contributed by atoms with van der Waals surface area (Å²) < 4.78 is 6.53. The smallest absolute Gasteiger partial charge is 0.328 e. The molecule has 0 aromatic carbocycles. The maximum Gasteiger partial charge on any atom is 0.328 e. The summed E-state index contributed by atoms with van der Waals surface area (Å²) in [6, 6.07) is -0.738. The number of ether oxygens (including phenoxy) is 1. The molecule has 146 valence electrons. The Bertz CT molecular complexity index is 945. The van der Waals surface area contributed by atoms with E-state index in [0.717, 1.165) is 31.5 Å². The predicted octanol–water partition coefficient (Wildman–Crippen LogP) is 2.42. The molecule has 0 saturated heterocycles. The van der Waals surface area contributed by atoms with E-state index >= 15 is 0 Å². The van der Waals surface area contributed by atoms with Crippen LogP contribution in [0.1, 0.15) is 54.2 Å². The highest BCUT2D eigenvalue weighted by Gasteiger charge is 2.28. The molecule has 3 heterocycles. The van der Waals surface area contributed by atoms with Crippen LogP contribution < -0.4 is 10.9 Å². The molecule has 1 aliphatic rings. The van der Waals surface area contributed by atoms with Crippen LogP contribution in [-0.2, 0) is 22.5 Å². The molecule has 7 nitrogen and oxygen atoms in total. The Labute approximate surface area is 161 Å². The van der Waals surface area contributed by atoms with E-state index in [1.54, 1.807) is 11.5 Å². The third-order valence-corrected chi connectivity index (χ3v) is 6.21. The summed E-state index contributed by atoms with van der Waals surface area (Å²) in [4.78, 5) is 43.4. The number of fused-ring (bicyclic) bond motifs is 2. The van der Waals surface area contributed by atoms with Crippen molar-refractivity contribution in [2.75, 3.05) is 7.11 Å². The number of methoxy groups -OCH3 is 1. The molecule has 27 heavy (non-hydrogen) atoms. The molecule has 8 heteroatoms. The highest BCUT2D eigenvalue weighted by atomic mass is 32.1. The van der Waals surface area contributed by atoms with Crippen molar-refractivity contribution >= 4 is 33.4 Å². The fourth-order valence-electron chi connectivity index (χ4n) is 3.46. The van der Waals surface area contributed by atoms with E-state index in [9.17, 15) is 14.4 Å². The number of carbonyl (C=O) groups excluding carboxylic acids is 2. The molecule has 2 aromatic rings. The monoisotopic (exact) mass is 391 g/mol. The second-order valence-electron chi connectivity index (χ2n) is 7.25. The van der Waals surface area contributed by atoms with Gasteiger partial charge in [0.1, 0.15) is 16.7 Å². The molecule has 0 radical (unpaired) electrons. The minimum atomic E-state index is -0.738. The van der Waals surface area contributed by atoms with Crippen LogP contribution in [0.25, 0.3) is 10.2 Å². The van der Waals surface area contributed by atoms with Gasteiger partial charge in [-0.25, -0.2) is 9.78 Å². The lowest BCUT2D eigenvalue weighted by molar-refractivity contribution is -0.144. The first-order valence-electron chi connectivity index (χ1n) is 9.26. The minimum Gasteiger partial charge on any atom is -0.467 e. The number of aryl methyl sites for hydroxylation is 2. The second-order valence-corrected chi connectivity index (χ2v) is 8.25. The molecule has 3 rings (SSSR count). The Kier molecular flexibility index (Phi) is 5.64. The fourth-order valence-corrected chi connectivity index (χ4v) is 4.55. The van der Waals surface area contributed by atoms with Crippen LogP contribution in [0.4, 0.5) is 0 Å². The number of hydrogen-bond donors (Lipinski definition) is 1. The van der Waals surface area contributed by atoms with Gasteiger partial charge in [0.15, 0.2) is 0 Å². The molecule has 0 aliphatic carbocycles. The van der Waals surface area contributed by atoms with Crippen molar-refractivity contribution in [1.82, 2.24) is 14.9 Å². The number of hydrogen-bond acceptors (Lipinski definition) is 6. The van der Waals surface area contributed by atoms with E-state index in [2.05, 4.69) is 10.3 Å². The quantitative estimate of drug-likeness (QED) is 0.809. The number of thiophene rings is 1. The third-order valence-electron chi connectivity index (χ3n) is 5.03. The topological polar surface area (TPSA) is 90.3 Å². The number of esters is 1. The van der Waals surface area contributed by atoms with Gasteiger partial charge in [-0.15, -0.1) is 11.3 Å². The lowest BCUT2D eigenvalue weighted by atomic mass is 10.0. The Balaban J connectivity index is 2.02. The zero-order valence-corrected chi connectivity index (χ0v) is 16.9. The zero-order chi connectivity index (χ0) is 19.7. The number of nitrogens with one attached hydrogen (secondary N) is 1. The van der Waals surface area contributed by atoms with Crippen LogP contribution in [0.3, 0.4) is 0 Å². The summed E-state index contributed by atoms with van der Waals surface area (Å²) in [6.45, 7) is 6.12. The number of nitrogens with zero attached hydrogens (tertiary/aromatic N) is 2. The summed E-state index contributed by atoms with van der Waals surface area (Å²) in [5.41, 5.74) is 0.551. The maximum absolute atomic E-state index is 13.0. The van der Waals surface area contributed by atoms with Crippen molar-refractivity contribution in [3.63, 3.8) is 0 Å². The molecule has 0 fully saturated rings. The SMILES string of the molecule is COC(=O)[C@@H](NC(=O)c1sc2nc3n(c(=O)c2c1C)CCCCC3)C(C)C. The first-order valence-corrected chi connectivity index (χ1v) is 10.1. The van der Waals surface area contributed by atoms with Crippen molar-refractivity contribution in [2.24, 2.45) is 5.92 Å². The average Bonchev–Trinajstić information content (AvgIpc) is 2.81. The minimum absolute atomic E-state index is 0.0712. The second kappa shape index (κ2) is 7.80. The van der Waals surface area contributed by atoms with Crippen molar-refractivity contribution in [1.29, 1.82) is 0 Å². The van der Waals surface area contributed by atoms with E-state index in [0.29, 0.717) is 27.2 Å². The van der Waals surface area contributed by atoms with E-state index in [1.165, 1.54) is 18.4 Å². The van der Waals surface area contributed by atoms with Crippen LogP contribution >= 0.6 is 11.3 Å². The third kappa shape index (κ3) is 3.63. The lowest BCUT2D eigenvalue weighted by Crippen LogP contribution is -2.44. The summed E-state index contributed by atoms with van der Waals surface area (Å²) >= 11 is 1.21. The fraction of sp³-hybridized carbons (Fsp3) is 0.579. The molecule has 0 unspecified atom stereocenters. The molecular weight excluding hydrogens is 366 g/mol. The van der Waals surface area contributed by atoms with Gasteiger partial charge >= 0.3 is 5.97 Å². The van der Waals surface area contributed by atoms with E-state index in [4.69, 9.17) is 4.74 Å². The largest absolute Gasteiger partial charge is 0.467 e. The van der Waals surface area contributed by atoms with Crippen molar-refractivity contribution < 1.29 is 14.3 Å². The highest BCUT2D eigenvalue weighted by molar-refractivity contribution is 7.20. The van der Waals surface area contributed by atoms with Gasteiger partial charge < -0.3 is 10.1 Å². The number of carbonyl (C=O) groups is 2. The zero-order valence-electron chi connectivity index (χ0n) is 16.1. The van der Waals surface area contributed by atoms with E-state index in [-0.39, 0.29) is 17.4 Å². The first-order chi connectivity index (χ1) is 12.8. The molecular formula is C19H25N3O4S. The Morgan fingerprint density at radius 3 is 2.67 bits per heavy atom. The van der Waals surface area contributed by atoms with Gasteiger partial charge in [-0.2, -0.15) is 0 Å². The van der Waals surface area contributed by atoms with Gasteiger partial charge in [0.05, 0.1) is 17.4 Å². The lowest BCUT2D eigenvalue weighted by Gasteiger charge is -2.19. The van der Waals surface area contributed by atoms with Crippen LogP contribution in [0.2, 0.25) is 0 Å².